The van der Waals surface area contributed by atoms with E-state index in [4.69, 9.17) is 4.74 Å². The van der Waals surface area contributed by atoms with Gasteiger partial charge in [0.2, 0.25) is 0 Å². The number of carboxylic acids is 1. The summed E-state index contributed by atoms with van der Waals surface area (Å²) < 4.78 is 5.72. The number of rotatable bonds is 10. The lowest BCUT2D eigenvalue weighted by Gasteiger charge is -2.32. The van der Waals surface area contributed by atoms with Crippen molar-refractivity contribution in [3.63, 3.8) is 0 Å². The minimum atomic E-state index is -0.998. The third kappa shape index (κ3) is 6.32. The molecule has 6 nitrogen and oxygen atoms in total. The second-order valence-electron chi connectivity index (χ2n) is 11.1. The van der Waals surface area contributed by atoms with E-state index in [0.29, 0.717) is 4.88 Å². The molecular weight excluding hydrogens is 462 g/mol. The van der Waals surface area contributed by atoms with Gasteiger partial charge in [-0.3, -0.25) is 4.48 Å². The summed E-state index contributed by atoms with van der Waals surface area (Å²) in [7, 11) is 3.28. The van der Waals surface area contributed by atoms with Gasteiger partial charge < -0.3 is 14.9 Å². The quantitative estimate of drug-likeness (QED) is 0.414. The van der Waals surface area contributed by atoms with Gasteiger partial charge >= 0.3 is 11.9 Å². The number of ether oxygens (including phenoxy) is 1. The number of carboxylic acid groups (broad SMARTS) is 1. The van der Waals surface area contributed by atoms with Crippen molar-refractivity contribution in [3.8, 4) is 5.75 Å². The molecule has 1 aromatic heterocycles. The van der Waals surface area contributed by atoms with E-state index < -0.39 is 12.1 Å². The highest BCUT2D eigenvalue weighted by Gasteiger charge is 2.38. The normalized spacial score (nSPS) is 13.5. The van der Waals surface area contributed by atoms with Crippen molar-refractivity contribution in [2.75, 3.05) is 27.2 Å². The lowest BCUT2D eigenvalue weighted by molar-refractivity contribution is -0.799. The molecule has 7 heteroatoms. The summed E-state index contributed by atoms with van der Waals surface area (Å²) in [5.41, 5.74) is 2.51. The first-order valence-electron chi connectivity index (χ1n) is 12.2. The Hall–Kier alpha value is -2.22. The van der Waals surface area contributed by atoms with Crippen LogP contribution in [0.25, 0.3) is 0 Å². The maximum Gasteiger partial charge on any atom is 0.359 e. The number of aliphatic hydroxyl groups excluding tert-OH is 1. The van der Waals surface area contributed by atoms with Crippen LogP contribution in [0.1, 0.15) is 78.7 Å². The number of nitrogens with zero attached hydrogens (tertiary/aromatic N) is 1. The molecular formula is C28H42NO5S+. The van der Waals surface area contributed by atoms with Gasteiger partial charge in [0.25, 0.3) is 0 Å². The average Bonchev–Trinajstić information content (AvgIpc) is 3.13. The molecule has 0 aliphatic rings. The Labute approximate surface area is 214 Å². The number of aryl methyl sites for hydroxylation is 2. The second kappa shape index (κ2) is 10.8. The van der Waals surface area contributed by atoms with Crippen LogP contribution in [0.15, 0.2) is 24.3 Å². The van der Waals surface area contributed by atoms with Crippen molar-refractivity contribution in [3.05, 3.63) is 50.7 Å². The first-order valence-corrected chi connectivity index (χ1v) is 13.0. The van der Waals surface area contributed by atoms with Crippen LogP contribution in [0.3, 0.4) is 0 Å². The van der Waals surface area contributed by atoms with Crippen LogP contribution in [-0.2, 0) is 10.2 Å². The molecule has 1 unspecified atom stereocenters. The Balaban J connectivity index is 2.43. The molecule has 0 saturated heterocycles. The van der Waals surface area contributed by atoms with Gasteiger partial charge in [0.05, 0.1) is 20.2 Å². The zero-order valence-corrected chi connectivity index (χ0v) is 23.5. The number of carbonyl (C=O) groups is 2. The van der Waals surface area contributed by atoms with E-state index in [9.17, 15) is 19.8 Å². The fourth-order valence-electron chi connectivity index (χ4n) is 4.29. The zero-order valence-electron chi connectivity index (χ0n) is 22.7. The number of aliphatic hydroxyl groups is 1. The fraction of sp³-hybridized carbons (Fsp3) is 0.571. The summed E-state index contributed by atoms with van der Waals surface area (Å²) in [5.74, 6) is -0.425. The topological polar surface area (TPSA) is 83.8 Å². The summed E-state index contributed by atoms with van der Waals surface area (Å²) in [6, 6.07) is 8.29. The van der Waals surface area contributed by atoms with Crippen LogP contribution < -0.4 is 4.74 Å². The maximum atomic E-state index is 13.3. The Morgan fingerprint density at radius 2 is 1.66 bits per heavy atom. The van der Waals surface area contributed by atoms with Gasteiger partial charge in [0.1, 0.15) is 17.2 Å². The average molecular weight is 505 g/mol. The summed E-state index contributed by atoms with van der Waals surface area (Å²) in [5, 5.41) is 19.6. The first-order chi connectivity index (χ1) is 16.1. The number of likely N-dealkylation sites (N-methyl/N-ethyl adjacent to an activating group) is 1. The summed E-state index contributed by atoms with van der Waals surface area (Å²) in [4.78, 5) is 26.3. The van der Waals surface area contributed by atoms with Gasteiger partial charge in [-0.1, -0.05) is 46.8 Å². The van der Waals surface area contributed by atoms with Gasteiger partial charge in [-0.05, 0) is 60.9 Å². The second-order valence-corrected chi connectivity index (χ2v) is 12.2. The number of benzene rings is 1. The molecule has 2 rings (SSSR count). The summed E-state index contributed by atoms with van der Waals surface area (Å²) in [6.45, 7) is 14.2. The Morgan fingerprint density at radius 3 is 2.14 bits per heavy atom. The number of hydrogen-bond acceptors (Lipinski definition) is 5. The number of aliphatic carboxylic acids is 1. The summed E-state index contributed by atoms with van der Waals surface area (Å²) in [6.07, 6.45) is 1.14. The molecule has 0 radical (unpaired) electrons. The number of hydrogen-bond donors (Lipinski definition) is 2. The molecule has 0 fully saturated rings. The molecule has 1 heterocycles. The zero-order chi connectivity index (χ0) is 26.8. The van der Waals surface area contributed by atoms with Crippen LogP contribution in [0.2, 0.25) is 0 Å². The molecule has 0 spiro atoms. The highest BCUT2D eigenvalue weighted by atomic mass is 32.1. The number of carbonyl (C=O) groups excluding carboxylic acids is 1. The van der Waals surface area contributed by atoms with Crippen molar-refractivity contribution in [1.29, 1.82) is 0 Å². The number of amides is 1. The molecule has 35 heavy (non-hydrogen) atoms. The minimum Gasteiger partial charge on any atom is -0.491 e. The highest BCUT2D eigenvalue weighted by molar-refractivity contribution is 7.14. The van der Waals surface area contributed by atoms with E-state index in [1.54, 1.807) is 14.1 Å². The van der Waals surface area contributed by atoms with Gasteiger partial charge in [0, 0.05) is 10.3 Å². The maximum absolute atomic E-state index is 13.3. The van der Waals surface area contributed by atoms with Crippen molar-refractivity contribution in [2.45, 2.75) is 72.8 Å². The molecule has 0 aliphatic heterocycles. The van der Waals surface area contributed by atoms with Gasteiger partial charge in [-0.2, -0.15) is 0 Å². The van der Waals surface area contributed by atoms with E-state index in [1.165, 1.54) is 11.3 Å². The molecule has 1 amide bonds. The predicted octanol–water partition coefficient (Wildman–Crippen LogP) is 5.56. The van der Waals surface area contributed by atoms with Crippen molar-refractivity contribution in [1.82, 2.24) is 0 Å². The van der Waals surface area contributed by atoms with Crippen molar-refractivity contribution < 1.29 is 29.0 Å². The fourth-order valence-corrected chi connectivity index (χ4v) is 5.90. The molecule has 194 valence electrons. The van der Waals surface area contributed by atoms with Crippen molar-refractivity contribution in [2.24, 2.45) is 5.41 Å². The van der Waals surface area contributed by atoms with E-state index in [-0.39, 0.29) is 34.4 Å². The predicted molar refractivity (Wildman–Crippen MR) is 141 cm³/mol. The first kappa shape index (κ1) is 29.0. The molecule has 0 saturated carbocycles. The van der Waals surface area contributed by atoms with Crippen LogP contribution >= 0.6 is 11.3 Å². The Bertz CT molecular complexity index is 1060. The van der Waals surface area contributed by atoms with Crippen LogP contribution in [0.4, 0.5) is 0 Å². The number of quaternary nitrogens is 1. The van der Waals surface area contributed by atoms with E-state index in [1.807, 2.05) is 40.7 Å². The van der Waals surface area contributed by atoms with Gasteiger partial charge in [-0.15, -0.1) is 11.3 Å². The molecule has 0 bridgehead atoms. The van der Waals surface area contributed by atoms with Crippen LogP contribution in [0, 0.1) is 19.3 Å². The SMILES string of the molecule is CCC(CC)(c1ccc(OCC(O)C(C)(C)C)c(C)c1)c1cc(C)c(C(=O)[N+](C)(C)CC(=O)O)s1. The molecule has 1 atom stereocenters. The van der Waals surface area contributed by atoms with E-state index in [2.05, 4.69) is 32.0 Å². The third-order valence-corrected chi connectivity index (χ3v) is 8.42. The summed E-state index contributed by atoms with van der Waals surface area (Å²) >= 11 is 1.48. The van der Waals surface area contributed by atoms with Crippen LogP contribution in [-0.4, -0.2) is 59.9 Å². The standard InChI is InChI=1S/C28H41NO5S/c1-10-28(11-2,20-12-13-21(18(3)14-20)34-17-22(30)27(5,6)7)23-15-19(4)25(35-23)26(33)29(8,9)16-24(31)32/h12-15,22,30H,10-11,16-17H2,1-9H3/p+1. The van der Waals surface area contributed by atoms with Crippen LogP contribution in [0.5, 0.6) is 5.75 Å². The largest absolute Gasteiger partial charge is 0.491 e. The molecule has 2 aromatic rings. The van der Waals surface area contributed by atoms with E-state index in [0.717, 1.165) is 40.2 Å². The van der Waals surface area contributed by atoms with Gasteiger partial charge in [-0.25, -0.2) is 9.59 Å². The molecule has 0 aliphatic carbocycles. The minimum absolute atomic E-state index is 0.181. The smallest absolute Gasteiger partial charge is 0.359 e. The monoisotopic (exact) mass is 504 g/mol. The highest BCUT2D eigenvalue weighted by Crippen LogP contribution is 2.44. The lowest BCUT2D eigenvalue weighted by Crippen LogP contribution is -2.48. The molecule has 2 N–H and O–H groups in total. The Kier molecular flexibility index (Phi) is 8.96. The van der Waals surface area contributed by atoms with Gasteiger partial charge in [0.15, 0.2) is 6.54 Å². The van der Waals surface area contributed by atoms with E-state index >= 15 is 0 Å². The Morgan fingerprint density at radius 1 is 1.06 bits per heavy atom. The third-order valence-electron chi connectivity index (χ3n) is 7.00. The van der Waals surface area contributed by atoms with Crippen molar-refractivity contribution >= 4 is 23.2 Å². The lowest BCUT2D eigenvalue weighted by atomic mass is 9.74. The molecule has 1 aromatic carbocycles. The number of thiophene rings is 1.